The third kappa shape index (κ3) is 4.12. The second-order valence-electron chi connectivity index (χ2n) is 4.03. The van der Waals surface area contributed by atoms with Crippen molar-refractivity contribution in [2.24, 2.45) is 0 Å². The molecule has 1 unspecified atom stereocenters. The smallest absolute Gasteiger partial charge is 0.341 e. The Kier molecular flexibility index (Phi) is 5.00. The predicted molar refractivity (Wildman–Crippen MR) is 74.1 cm³/mol. The summed E-state index contributed by atoms with van der Waals surface area (Å²) in [6.45, 7) is 2.37. The molecule has 4 heteroatoms. The van der Waals surface area contributed by atoms with Gasteiger partial charge >= 0.3 is 10.5 Å². The van der Waals surface area contributed by atoms with E-state index in [9.17, 15) is 0 Å². The van der Waals surface area contributed by atoms with E-state index >= 15 is 0 Å². The summed E-state index contributed by atoms with van der Waals surface area (Å²) in [4.78, 5) is 0. The van der Waals surface area contributed by atoms with Gasteiger partial charge in [-0.3, -0.25) is 0 Å². The van der Waals surface area contributed by atoms with Gasteiger partial charge in [0.2, 0.25) is 0 Å². The fourth-order valence-corrected chi connectivity index (χ4v) is 1.80. The minimum atomic E-state index is -0.358. The predicted octanol–water partition coefficient (Wildman–Crippen LogP) is 3.09. The van der Waals surface area contributed by atoms with Crippen molar-refractivity contribution in [1.29, 1.82) is 0 Å². The van der Waals surface area contributed by atoms with Gasteiger partial charge in [0.1, 0.15) is 5.75 Å². The lowest BCUT2D eigenvalue weighted by Crippen LogP contribution is -2.16. The van der Waals surface area contributed by atoms with Crippen LogP contribution in [-0.2, 0) is 11.3 Å². The van der Waals surface area contributed by atoms with Crippen LogP contribution in [0, 0.1) is 0 Å². The third-order valence-corrected chi connectivity index (χ3v) is 2.80. The highest BCUT2D eigenvalue weighted by Crippen LogP contribution is 2.26. The summed E-state index contributed by atoms with van der Waals surface area (Å²) in [5, 5.41) is 0. The molecule has 97 valence electrons. The Labute approximate surface area is 116 Å². The van der Waals surface area contributed by atoms with E-state index in [0.717, 1.165) is 5.56 Å². The van der Waals surface area contributed by atoms with Crippen LogP contribution in [-0.4, -0.2) is 16.8 Å². The molecule has 0 aliphatic heterocycles. The first-order chi connectivity index (χ1) is 9.29. The summed E-state index contributed by atoms with van der Waals surface area (Å²) in [6.07, 6.45) is -0.358. The average molecular weight is 271 g/mol. The van der Waals surface area contributed by atoms with E-state index in [1.54, 1.807) is 0 Å². The third-order valence-electron chi connectivity index (χ3n) is 2.58. The highest BCUT2D eigenvalue weighted by Gasteiger charge is 2.08. The van der Waals surface area contributed by atoms with Crippen LogP contribution in [0.25, 0.3) is 0 Å². The highest BCUT2D eigenvalue weighted by atomic mass is 28.2. The van der Waals surface area contributed by atoms with Gasteiger partial charge in [0, 0.05) is 0 Å². The molecular weight excluding hydrogens is 256 g/mol. The van der Waals surface area contributed by atoms with Gasteiger partial charge in [-0.15, -0.1) is 0 Å². The molecule has 0 aliphatic carbocycles. The lowest BCUT2D eigenvalue weighted by molar-refractivity contribution is -0.0765. The largest absolute Gasteiger partial charge is 0.538 e. The second-order valence-corrected chi connectivity index (χ2v) is 4.24. The lowest BCUT2D eigenvalue weighted by Gasteiger charge is -2.17. The molecule has 0 bridgehead atoms. The van der Waals surface area contributed by atoms with Gasteiger partial charge in [0.05, 0.1) is 6.61 Å². The molecule has 0 amide bonds. The minimum absolute atomic E-state index is 0.358. The van der Waals surface area contributed by atoms with Crippen molar-refractivity contribution in [3.8, 4) is 11.5 Å². The first kappa shape index (κ1) is 13.6. The molecule has 2 aromatic rings. The summed E-state index contributed by atoms with van der Waals surface area (Å²) in [5.74, 6) is 1.26. The Morgan fingerprint density at radius 2 is 1.58 bits per heavy atom. The van der Waals surface area contributed by atoms with Crippen molar-refractivity contribution in [1.82, 2.24) is 0 Å². The van der Waals surface area contributed by atoms with Crippen molar-refractivity contribution >= 4 is 10.5 Å². The van der Waals surface area contributed by atoms with Crippen LogP contribution in [0.4, 0.5) is 0 Å². The molecule has 1 atom stereocenters. The molecule has 0 aromatic heterocycles. The zero-order valence-corrected chi connectivity index (χ0v) is 11.7. The van der Waals surface area contributed by atoms with Crippen LogP contribution in [0.3, 0.4) is 0 Å². The maximum absolute atomic E-state index is 5.68. The maximum atomic E-state index is 5.68. The van der Waals surface area contributed by atoms with Gasteiger partial charge in [-0.05, 0) is 24.6 Å². The molecule has 3 nitrogen and oxygen atoms in total. The van der Waals surface area contributed by atoms with E-state index < -0.39 is 0 Å². The molecule has 0 saturated carbocycles. The summed E-state index contributed by atoms with van der Waals surface area (Å²) in [6, 6.07) is 17.4. The first-order valence-corrected chi connectivity index (χ1v) is 6.45. The topological polar surface area (TPSA) is 27.7 Å². The van der Waals surface area contributed by atoms with E-state index in [4.69, 9.17) is 13.9 Å². The number of ether oxygens (including phenoxy) is 2. The average Bonchev–Trinajstić information content (AvgIpc) is 2.47. The molecule has 19 heavy (non-hydrogen) atoms. The van der Waals surface area contributed by atoms with Gasteiger partial charge in [-0.25, -0.2) is 0 Å². The molecule has 2 rings (SSSR count). The molecule has 0 N–H and O–H groups in total. The summed E-state index contributed by atoms with van der Waals surface area (Å²) in [5.41, 5.74) is 1.11. The number of para-hydroxylation sites is 2. The SMILES string of the molecule is CC(OCc1ccccc1)Oc1ccccc1O[Si]. The molecule has 0 spiro atoms. The maximum Gasteiger partial charge on any atom is 0.341 e. The highest BCUT2D eigenvalue weighted by molar-refractivity contribution is 6.00. The van der Waals surface area contributed by atoms with Gasteiger partial charge in [-0.2, -0.15) is 0 Å². The number of rotatable bonds is 6. The van der Waals surface area contributed by atoms with E-state index in [-0.39, 0.29) is 6.29 Å². The van der Waals surface area contributed by atoms with Gasteiger partial charge in [0.15, 0.2) is 12.0 Å². The van der Waals surface area contributed by atoms with E-state index in [1.807, 2.05) is 61.5 Å². The normalized spacial score (nSPS) is 11.9. The monoisotopic (exact) mass is 271 g/mol. The van der Waals surface area contributed by atoms with Crippen molar-refractivity contribution in [3.05, 3.63) is 60.2 Å². The number of hydrogen-bond acceptors (Lipinski definition) is 3. The molecule has 0 aliphatic rings. The Morgan fingerprint density at radius 3 is 2.26 bits per heavy atom. The molecule has 0 fully saturated rings. The Hall–Kier alpha value is -1.78. The Bertz CT molecular complexity index is 502. The van der Waals surface area contributed by atoms with Crippen molar-refractivity contribution in [2.45, 2.75) is 19.8 Å². The Morgan fingerprint density at radius 1 is 0.947 bits per heavy atom. The number of benzene rings is 2. The quantitative estimate of drug-likeness (QED) is 0.597. The standard InChI is InChI=1S/C15H15O3Si/c1-12(16-11-13-7-3-2-4-8-13)17-14-9-5-6-10-15(14)18-19/h2-10,12H,11H2,1H3. The van der Waals surface area contributed by atoms with Crippen molar-refractivity contribution in [3.63, 3.8) is 0 Å². The second kappa shape index (κ2) is 6.97. The minimum Gasteiger partial charge on any atom is -0.538 e. The molecule has 0 saturated heterocycles. The fraction of sp³-hybridized carbons (Fsp3) is 0.200. The van der Waals surface area contributed by atoms with E-state index in [1.165, 1.54) is 0 Å². The first-order valence-electron chi connectivity index (χ1n) is 6.04. The summed E-state index contributed by atoms with van der Waals surface area (Å²) in [7, 11) is 3.00. The molecule has 0 heterocycles. The fourth-order valence-electron chi connectivity index (χ4n) is 1.63. The van der Waals surface area contributed by atoms with Crippen LogP contribution < -0.4 is 9.16 Å². The van der Waals surface area contributed by atoms with E-state index in [0.29, 0.717) is 18.1 Å². The van der Waals surface area contributed by atoms with Crippen molar-refractivity contribution < 1.29 is 13.9 Å². The zero-order chi connectivity index (χ0) is 13.5. The van der Waals surface area contributed by atoms with Crippen LogP contribution in [0.1, 0.15) is 12.5 Å². The summed E-state index contributed by atoms with van der Waals surface area (Å²) < 4.78 is 16.4. The van der Waals surface area contributed by atoms with Crippen molar-refractivity contribution in [2.75, 3.05) is 0 Å². The number of hydrogen-bond donors (Lipinski definition) is 0. The molecule has 3 radical (unpaired) electrons. The van der Waals surface area contributed by atoms with Crippen LogP contribution >= 0.6 is 0 Å². The van der Waals surface area contributed by atoms with E-state index in [2.05, 4.69) is 10.5 Å². The van der Waals surface area contributed by atoms with Gasteiger partial charge in [-0.1, -0.05) is 42.5 Å². The van der Waals surface area contributed by atoms with Gasteiger partial charge < -0.3 is 13.9 Å². The molecule has 2 aromatic carbocycles. The zero-order valence-electron chi connectivity index (χ0n) is 10.7. The van der Waals surface area contributed by atoms with Crippen LogP contribution in [0.15, 0.2) is 54.6 Å². The Balaban J connectivity index is 1.89. The molecular formula is C15H15O3Si. The summed E-state index contributed by atoms with van der Waals surface area (Å²) >= 11 is 0. The van der Waals surface area contributed by atoms with Gasteiger partial charge in [0.25, 0.3) is 0 Å². The van der Waals surface area contributed by atoms with Crippen LogP contribution in [0.5, 0.6) is 11.5 Å². The lowest BCUT2D eigenvalue weighted by atomic mass is 10.2. The van der Waals surface area contributed by atoms with Crippen LogP contribution in [0.2, 0.25) is 0 Å².